The molecule has 0 bridgehead atoms. The zero-order valence-electron chi connectivity index (χ0n) is 26.3. The fraction of sp³-hybridized carbons (Fsp3) is 0.286. The van der Waals surface area contributed by atoms with Gasteiger partial charge in [-0.25, -0.2) is 19.2 Å². The number of amides is 1. The van der Waals surface area contributed by atoms with Crippen molar-refractivity contribution >= 4 is 40.3 Å². The molecule has 9 nitrogen and oxygen atoms in total. The van der Waals surface area contributed by atoms with Gasteiger partial charge in [0.2, 0.25) is 0 Å². The Morgan fingerprint density at radius 2 is 1.85 bits per heavy atom. The first-order valence-electron chi connectivity index (χ1n) is 15.0. The molecule has 5 heterocycles. The minimum atomic E-state index is -0.557. The molecule has 0 spiro atoms. The van der Waals surface area contributed by atoms with E-state index in [4.69, 9.17) is 26.3 Å². The van der Waals surface area contributed by atoms with Crippen molar-refractivity contribution in [3.63, 3.8) is 0 Å². The molecule has 4 aromatic heterocycles. The fourth-order valence-electron chi connectivity index (χ4n) is 6.21. The molecule has 11 heteroatoms. The Kier molecular flexibility index (Phi) is 8.24. The number of carbonyl (C=O) groups excluding carboxylic acids is 2. The molecule has 1 fully saturated rings. The quantitative estimate of drug-likeness (QED) is 0.196. The second-order valence-electron chi connectivity index (χ2n) is 12.1. The van der Waals surface area contributed by atoms with Gasteiger partial charge in [0.05, 0.1) is 41.2 Å². The number of anilines is 1. The van der Waals surface area contributed by atoms with Crippen LogP contribution >= 0.6 is 11.6 Å². The number of hydrogen-bond acceptors (Lipinski definition) is 7. The van der Waals surface area contributed by atoms with Crippen molar-refractivity contribution < 1.29 is 18.7 Å². The Balaban J connectivity index is 1.32. The number of carbonyl (C=O) groups is 2. The Hall–Kier alpha value is -4.83. The van der Waals surface area contributed by atoms with Gasteiger partial charge in [0, 0.05) is 43.0 Å². The molecule has 1 aliphatic heterocycles. The summed E-state index contributed by atoms with van der Waals surface area (Å²) >= 11 is 5.97. The van der Waals surface area contributed by atoms with Gasteiger partial charge in [-0.3, -0.25) is 9.78 Å². The number of ether oxygens (including phenoxy) is 1. The molecule has 1 amide bonds. The molecule has 0 N–H and O–H groups in total. The van der Waals surface area contributed by atoms with Crippen molar-refractivity contribution in [2.45, 2.75) is 39.8 Å². The van der Waals surface area contributed by atoms with Crippen LogP contribution in [0.25, 0.3) is 22.2 Å². The van der Waals surface area contributed by atoms with Crippen molar-refractivity contribution in [3.05, 3.63) is 106 Å². The van der Waals surface area contributed by atoms with Crippen molar-refractivity contribution in [1.29, 1.82) is 0 Å². The summed E-state index contributed by atoms with van der Waals surface area (Å²) < 4.78 is 21.3. The van der Waals surface area contributed by atoms with Gasteiger partial charge in [-0.15, -0.1) is 0 Å². The number of nitrogens with zero attached hydrogens (tertiary/aromatic N) is 6. The van der Waals surface area contributed by atoms with E-state index in [2.05, 4.69) is 9.88 Å². The van der Waals surface area contributed by atoms with Crippen molar-refractivity contribution in [1.82, 2.24) is 24.4 Å². The van der Waals surface area contributed by atoms with E-state index in [0.717, 1.165) is 28.0 Å². The molecular weight excluding hydrogens is 607 g/mol. The summed E-state index contributed by atoms with van der Waals surface area (Å²) in [6.45, 7) is 9.68. The summed E-state index contributed by atoms with van der Waals surface area (Å²) in [6, 6.07) is 15.9. The molecule has 5 aromatic rings. The van der Waals surface area contributed by atoms with Gasteiger partial charge in [0.25, 0.3) is 5.91 Å². The Morgan fingerprint density at radius 1 is 1.04 bits per heavy atom. The summed E-state index contributed by atoms with van der Waals surface area (Å²) in [4.78, 5) is 44.4. The predicted octanol–water partition coefficient (Wildman–Crippen LogP) is 6.48. The van der Waals surface area contributed by atoms with Crippen LogP contribution in [0.1, 0.15) is 51.6 Å². The average Bonchev–Trinajstić information content (AvgIpc) is 3.38. The maximum atomic E-state index is 14.5. The summed E-state index contributed by atoms with van der Waals surface area (Å²) in [5, 5.41) is 0.833. The number of methoxy groups -OCH3 is 1. The third-order valence-electron chi connectivity index (χ3n) is 8.48. The van der Waals surface area contributed by atoms with Crippen LogP contribution in [0.4, 0.5) is 10.2 Å². The van der Waals surface area contributed by atoms with Crippen molar-refractivity contribution in [3.8, 4) is 11.1 Å². The lowest BCUT2D eigenvalue weighted by atomic mass is 9.97. The average molecular weight is 641 g/mol. The van der Waals surface area contributed by atoms with E-state index < -0.39 is 17.3 Å². The van der Waals surface area contributed by atoms with Crippen LogP contribution in [-0.4, -0.2) is 68.6 Å². The number of rotatable bonds is 6. The molecule has 1 aliphatic rings. The first-order valence-corrected chi connectivity index (χ1v) is 15.3. The lowest BCUT2D eigenvalue weighted by Crippen LogP contribution is -2.61. The van der Waals surface area contributed by atoms with Gasteiger partial charge < -0.3 is 19.1 Å². The standard InChI is InChI=1S/C35H34ClFN6O3/c1-21-16-30(39-22(2)31(21)34(45)46-5)41-14-15-43(35(3,4)20-41)33(44)29-12-10-25-26(23-9-11-27(36)28(37)17-23)19-42(32(25)40-29)18-24-8-6-7-13-38-24/h6-13,16-17,19H,14-15,18,20H2,1-5H3. The van der Waals surface area contributed by atoms with Crippen LogP contribution in [0.2, 0.25) is 5.02 Å². The second-order valence-corrected chi connectivity index (χ2v) is 12.5. The van der Waals surface area contributed by atoms with E-state index in [1.54, 1.807) is 25.3 Å². The van der Waals surface area contributed by atoms with Crippen LogP contribution in [0.3, 0.4) is 0 Å². The lowest BCUT2D eigenvalue weighted by Gasteiger charge is -2.47. The van der Waals surface area contributed by atoms with Gasteiger partial charge in [-0.05, 0) is 81.3 Å². The van der Waals surface area contributed by atoms with Crippen LogP contribution in [0.15, 0.2) is 67.0 Å². The van der Waals surface area contributed by atoms with Gasteiger partial charge in [0.15, 0.2) is 0 Å². The van der Waals surface area contributed by atoms with E-state index >= 15 is 0 Å². The molecule has 46 heavy (non-hydrogen) atoms. The first kappa shape index (κ1) is 31.2. The number of benzene rings is 1. The number of aromatic nitrogens is 4. The van der Waals surface area contributed by atoms with Crippen LogP contribution < -0.4 is 4.90 Å². The largest absolute Gasteiger partial charge is 0.465 e. The number of piperazine rings is 1. The van der Waals surface area contributed by atoms with Crippen LogP contribution in [0.5, 0.6) is 0 Å². The molecule has 6 rings (SSSR count). The summed E-state index contributed by atoms with van der Waals surface area (Å²) in [6.07, 6.45) is 3.64. The monoisotopic (exact) mass is 640 g/mol. The van der Waals surface area contributed by atoms with E-state index in [1.165, 1.54) is 19.2 Å². The van der Waals surface area contributed by atoms with E-state index in [1.807, 2.05) is 66.8 Å². The number of fused-ring (bicyclic) bond motifs is 1. The molecule has 0 unspecified atom stereocenters. The molecule has 1 aromatic carbocycles. The van der Waals surface area contributed by atoms with Crippen LogP contribution in [-0.2, 0) is 11.3 Å². The maximum Gasteiger partial charge on any atom is 0.339 e. The topological polar surface area (TPSA) is 93.5 Å². The minimum absolute atomic E-state index is 0.0500. The highest BCUT2D eigenvalue weighted by atomic mass is 35.5. The summed E-state index contributed by atoms with van der Waals surface area (Å²) in [7, 11) is 1.36. The van der Waals surface area contributed by atoms with Gasteiger partial charge >= 0.3 is 5.97 Å². The maximum absolute atomic E-state index is 14.5. The van der Waals surface area contributed by atoms with E-state index in [0.29, 0.717) is 54.3 Å². The van der Waals surface area contributed by atoms with Crippen LogP contribution in [0, 0.1) is 19.7 Å². The second kappa shape index (κ2) is 12.2. The van der Waals surface area contributed by atoms with Gasteiger partial charge in [0.1, 0.15) is 23.0 Å². The molecule has 0 aliphatic carbocycles. The SMILES string of the molecule is COC(=O)c1c(C)cc(N2CCN(C(=O)c3ccc4c(-c5ccc(Cl)c(F)c5)cn(Cc5ccccn5)c4n3)C(C)(C)C2)nc1C. The number of hydrogen-bond donors (Lipinski definition) is 0. The van der Waals surface area contributed by atoms with Crippen molar-refractivity contribution in [2.75, 3.05) is 31.6 Å². The van der Waals surface area contributed by atoms with E-state index in [9.17, 15) is 14.0 Å². The Labute approximate surface area is 271 Å². The summed E-state index contributed by atoms with van der Waals surface area (Å²) in [5.41, 5.74) is 4.47. The smallest absolute Gasteiger partial charge is 0.339 e. The number of aryl methyl sites for hydroxylation is 2. The van der Waals surface area contributed by atoms with Gasteiger partial charge in [-0.2, -0.15) is 0 Å². The molecule has 0 atom stereocenters. The number of halogens is 2. The lowest BCUT2D eigenvalue weighted by molar-refractivity contribution is 0.0506. The minimum Gasteiger partial charge on any atom is -0.465 e. The fourth-order valence-corrected chi connectivity index (χ4v) is 6.33. The molecule has 0 saturated carbocycles. The molecular formula is C35H34ClFN6O3. The zero-order valence-corrected chi connectivity index (χ0v) is 27.1. The Morgan fingerprint density at radius 3 is 2.52 bits per heavy atom. The first-order chi connectivity index (χ1) is 22.0. The van der Waals surface area contributed by atoms with Gasteiger partial charge in [-0.1, -0.05) is 23.7 Å². The number of pyridine rings is 3. The number of esters is 1. The highest BCUT2D eigenvalue weighted by Crippen LogP contribution is 2.33. The molecule has 1 saturated heterocycles. The Bertz CT molecular complexity index is 1950. The third-order valence-corrected chi connectivity index (χ3v) is 8.78. The third kappa shape index (κ3) is 5.80. The molecule has 236 valence electrons. The highest BCUT2D eigenvalue weighted by Gasteiger charge is 2.38. The zero-order chi connectivity index (χ0) is 32.7. The molecule has 0 radical (unpaired) electrons. The van der Waals surface area contributed by atoms with Crippen molar-refractivity contribution in [2.24, 2.45) is 0 Å². The normalized spacial score (nSPS) is 14.5. The van der Waals surface area contributed by atoms with E-state index in [-0.39, 0.29) is 10.9 Å². The summed E-state index contributed by atoms with van der Waals surface area (Å²) in [5.74, 6) is -0.350. The highest BCUT2D eigenvalue weighted by molar-refractivity contribution is 6.30. The predicted molar refractivity (Wildman–Crippen MR) is 176 cm³/mol.